The van der Waals surface area contributed by atoms with E-state index in [2.05, 4.69) is 27.1 Å². The van der Waals surface area contributed by atoms with Crippen molar-refractivity contribution in [2.75, 3.05) is 30.9 Å². The number of aryl methyl sites for hydroxylation is 1. The van der Waals surface area contributed by atoms with Gasteiger partial charge < -0.3 is 9.64 Å². The van der Waals surface area contributed by atoms with Crippen LogP contribution in [0.25, 0.3) is 16.9 Å². The summed E-state index contributed by atoms with van der Waals surface area (Å²) >= 11 is 0. The molecule has 0 amide bonds. The van der Waals surface area contributed by atoms with Gasteiger partial charge in [-0.05, 0) is 32.8 Å². The van der Waals surface area contributed by atoms with Crippen LogP contribution in [0, 0.1) is 6.92 Å². The summed E-state index contributed by atoms with van der Waals surface area (Å²) in [5.41, 5.74) is 3.80. The van der Waals surface area contributed by atoms with Crippen molar-refractivity contribution in [3.8, 4) is 11.3 Å². The molecule has 1 saturated carbocycles. The number of rotatable bonds is 4. The molecule has 1 saturated heterocycles. The number of H-pyrrole nitrogens is 1. The largest absolute Gasteiger partial charge is 0.377 e. The molecule has 3 aromatic heterocycles. The molecule has 10 heteroatoms. The SMILES string of the molecule is Cc1cc(-c2cnn3c(C4(S(C)(=O)=O)CC4)cc(N4CCOC[C@H]4C)nc23)[nH]n1. The second-order valence-electron chi connectivity index (χ2n) is 8.10. The van der Waals surface area contributed by atoms with Crippen molar-refractivity contribution in [1.82, 2.24) is 24.8 Å². The van der Waals surface area contributed by atoms with Crippen LogP contribution in [-0.2, 0) is 19.3 Å². The predicted molar refractivity (Wildman–Crippen MR) is 109 cm³/mol. The topological polar surface area (TPSA) is 105 Å². The molecule has 0 bridgehead atoms. The Bertz CT molecular complexity index is 1190. The number of hydrogen-bond donors (Lipinski definition) is 1. The summed E-state index contributed by atoms with van der Waals surface area (Å²) in [7, 11) is -3.30. The molecule has 2 fully saturated rings. The van der Waals surface area contributed by atoms with E-state index in [1.807, 2.05) is 19.1 Å². The number of anilines is 1. The van der Waals surface area contributed by atoms with E-state index in [1.165, 1.54) is 6.26 Å². The van der Waals surface area contributed by atoms with Crippen molar-refractivity contribution >= 4 is 21.3 Å². The predicted octanol–water partition coefficient (Wildman–Crippen LogP) is 1.69. The van der Waals surface area contributed by atoms with E-state index in [0.717, 1.165) is 22.8 Å². The van der Waals surface area contributed by atoms with Crippen molar-refractivity contribution in [3.63, 3.8) is 0 Å². The average molecular weight is 417 g/mol. The van der Waals surface area contributed by atoms with Crippen LogP contribution in [0.3, 0.4) is 0 Å². The van der Waals surface area contributed by atoms with Crippen LogP contribution < -0.4 is 4.90 Å². The van der Waals surface area contributed by atoms with Crippen molar-refractivity contribution in [1.29, 1.82) is 0 Å². The van der Waals surface area contributed by atoms with E-state index in [-0.39, 0.29) is 6.04 Å². The Labute approximate surface area is 169 Å². The molecule has 2 aliphatic rings. The van der Waals surface area contributed by atoms with E-state index < -0.39 is 14.6 Å². The summed E-state index contributed by atoms with van der Waals surface area (Å²) in [5.74, 6) is 0.760. The zero-order valence-corrected chi connectivity index (χ0v) is 17.5. The number of sulfone groups is 1. The Hall–Kier alpha value is -2.46. The lowest BCUT2D eigenvalue weighted by atomic mass is 10.2. The maximum Gasteiger partial charge on any atom is 0.167 e. The number of nitrogens with one attached hydrogen (secondary N) is 1. The highest BCUT2D eigenvalue weighted by atomic mass is 32.2. The number of nitrogens with zero attached hydrogens (tertiary/aromatic N) is 5. The van der Waals surface area contributed by atoms with Crippen molar-refractivity contribution in [3.05, 3.63) is 29.7 Å². The van der Waals surface area contributed by atoms with Crippen LogP contribution in [-0.4, -0.2) is 65.3 Å². The van der Waals surface area contributed by atoms with E-state index >= 15 is 0 Å². The summed E-state index contributed by atoms with van der Waals surface area (Å²) in [5, 5.41) is 11.8. The molecule has 0 unspecified atom stereocenters. The number of aromatic nitrogens is 5. The van der Waals surface area contributed by atoms with Crippen molar-refractivity contribution < 1.29 is 13.2 Å². The van der Waals surface area contributed by atoms with E-state index in [4.69, 9.17) is 9.72 Å². The molecular weight excluding hydrogens is 392 g/mol. The molecule has 9 nitrogen and oxygen atoms in total. The van der Waals surface area contributed by atoms with Gasteiger partial charge in [0.2, 0.25) is 0 Å². The average Bonchev–Trinajstić information content (AvgIpc) is 3.23. The zero-order chi connectivity index (χ0) is 20.4. The van der Waals surface area contributed by atoms with E-state index in [0.29, 0.717) is 43.9 Å². The number of fused-ring (bicyclic) bond motifs is 1. The Balaban J connectivity index is 1.76. The second kappa shape index (κ2) is 6.27. The van der Waals surface area contributed by atoms with Gasteiger partial charge in [-0.25, -0.2) is 17.9 Å². The third-order valence-corrected chi connectivity index (χ3v) is 8.03. The van der Waals surface area contributed by atoms with Gasteiger partial charge >= 0.3 is 0 Å². The fraction of sp³-hybridized carbons (Fsp3) is 0.526. The molecule has 29 heavy (non-hydrogen) atoms. The highest BCUT2D eigenvalue weighted by Gasteiger charge is 2.55. The molecule has 154 valence electrons. The standard InChI is InChI=1S/C19H24N6O3S/c1-12-8-15(23-22-12)14-10-20-25-16(19(4-5-19)29(3,26)27)9-17(21-18(14)25)24-6-7-28-11-13(24)2/h8-10,13H,4-7,11H2,1-3H3,(H,22,23)/t13-/m1/s1. The summed E-state index contributed by atoms with van der Waals surface area (Å²) < 4.78 is 31.7. The first-order valence-electron chi connectivity index (χ1n) is 9.76. The Kier molecular flexibility index (Phi) is 4.01. The third kappa shape index (κ3) is 2.84. The number of hydrogen-bond acceptors (Lipinski definition) is 7. The fourth-order valence-corrected chi connectivity index (χ4v) is 5.54. The summed E-state index contributed by atoms with van der Waals surface area (Å²) in [6.45, 7) is 5.95. The monoisotopic (exact) mass is 416 g/mol. The molecule has 0 spiro atoms. The van der Waals surface area contributed by atoms with Crippen molar-refractivity contribution in [2.24, 2.45) is 0 Å². The molecule has 1 N–H and O–H groups in total. The zero-order valence-electron chi connectivity index (χ0n) is 16.7. The van der Waals surface area contributed by atoms with Crippen LogP contribution in [0.5, 0.6) is 0 Å². The molecule has 0 aromatic carbocycles. The lowest BCUT2D eigenvalue weighted by Gasteiger charge is -2.34. The van der Waals surface area contributed by atoms with E-state index in [9.17, 15) is 8.42 Å². The highest BCUT2D eigenvalue weighted by Crippen LogP contribution is 2.53. The van der Waals surface area contributed by atoms with Crippen LogP contribution in [0.15, 0.2) is 18.3 Å². The van der Waals surface area contributed by atoms with Crippen LogP contribution >= 0.6 is 0 Å². The number of aromatic amines is 1. The van der Waals surface area contributed by atoms with E-state index in [1.54, 1.807) is 10.7 Å². The first kappa shape index (κ1) is 18.6. The maximum atomic E-state index is 12.7. The van der Waals surface area contributed by atoms with Gasteiger partial charge in [0, 0.05) is 18.9 Å². The highest BCUT2D eigenvalue weighted by molar-refractivity contribution is 7.91. The first-order chi connectivity index (χ1) is 13.8. The smallest absolute Gasteiger partial charge is 0.167 e. The van der Waals surface area contributed by atoms with Gasteiger partial charge in [0.1, 0.15) is 10.6 Å². The molecule has 3 aromatic rings. The Morgan fingerprint density at radius 2 is 2.10 bits per heavy atom. The van der Waals surface area contributed by atoms with Crippen LogP contribution in [0.1, 0.15) is 31.2 Å². The van der Waals surface area contributed by atoms with Gasteiger partial charge in [-0.15, -0.1) is 0 Å². The lowest BCUT2D eigenvalue weighted by molar-refractivity contribution is 0.0985. The van der Waals surface area contributed by atoms with Gasteiger partial charge in [0.15, 0.2) is 15.5 Å². The molecule has 0 radical (unpaired) electrons. The first-order valence-corrected chi connectivity index (χ1v) is 11.6. The summed E-state index contributed by atoms with van der Waals surface area (Å²) in [6, 6.07) is 3.99. The molecule has 4 heterocycles. The van der Waals surface area contributed by atoms with Gasteiger partial charge in [-0.3, -0.25) is 5.10 Å². The van der Waals surface area contributed by atoms with Gasteiger partial charge in [0.05, 0.1) is 48.1 Å². The minimum absolute atomic E-state index is 0.153. The maximum absolute atomic E-state index is 12.7. The summed E-state index contributed by atoms with van der Waals surface area (Å²) in [4.78, 5) is 7.09. The molecule has 5 rings (SSSR count). The van der Waals surface area contributed by atoms with Gasteiger partial charge in [-0.2, -0.15) is 10.2 Å². The molecule has 1 atom stereocenters. The Morgan fingerprint density at radius 1 is 1.31 bits per heavy atom. The third-order valence-electron chi connectivity index (χ3n) is 6.00. The van der Waals surface area contributed by atoms with Crippen molar-refractivity contribution in [2.45, 2.75) is 37.5 Å². The minimum atomic E-state index is -3.30. The molecular formula is C19H24N6O3S. The van der Waals surface area contributed by atoms with Crippen LogP contribution in [0.2, 0.25) is 0 Å². The van der Waals surface area contributed by atoms with Gasteiger partial charge in [-0.1, -0.05) is 0 Å². The lowest BCUT2D eigenvalue weighted by Crippen LogP contribution is -2.44. The second-order valence-corrected chi connectivity index (χ2v) is 10.4. The quantitative estimate of drug-likeness (QED) is 0.690. The molecule has 1 aliphatic carbocycles. The van der Waals surface area contributed by atoms with Gasteiger partial charge in [0.25, 0.3) is 0 Å². The minimum Gasteiger partial charge on any atom is -0.377 e. The number of ether oxygens (including phenoxy) is 1. The van der Waals surface area contributed by atoms with Crippen LogP contribution in [0.4, 0.5) is 5.82 Å². The summed E-state index contributed by atoms with van der Waals surface area (Å²) in [6.07, 6.45) is 4.23. The fourth-order valence-electron chi connectivity index (χ4n) is 4.17. The number of morpholine rings is 1. The molecule has 1 aliphatic heterocycles. The normalized spacial score (nSPS) is 21.6. The Morgan fingerprint density at radius 3 is 2.72 bits per heavy atom.